The maximum atomic E-state index is 12.3. The first-order chi connectivity index (χ1) is 18.9. The highest BCUT2D eigenvalue weighted by Crippen LogP contribution is 2.66. The van der Waals surface area contributed by atoms with Crippen LogP contribution in [0, 0.1) is 35.0 Å². The Bertz CT molecular complexity index is 1340. The Morgan fingerprint density at radius 3 is 2.48 bits per heavy atom. The van der Waals surface area contributed by atoms with Crippen molar-refractivity contribution in [3.8, 4) is 11.8 Å². The smallest absolute Gasteiger partial charge is 0.308 e. The normalized spacial score (nSPS) is 31.6. The van der Waals surface area contributed by atoms with Gasteiger partial charge in [-0.05, 0) is 85.3 Å². The molecule has 1 aromatic carbocycles. The lowest BCUT2D eigenvalue weighted by atomic mass is 9.51. The number of anilines is 1. The van der Waals surface area contributed by atoms with Gasteiger partial charge in [0.05, 0.1) is 12.3 Å². The van der Waals surface area contributed by atoms with E-state index >= 15 is 0 Å². The zero-order chi connectivity index (χ0) is 28.8. The Morgan fingerprint density at radius 2 is 1.82 bits per heavy atom. The van der Waals surface area contributed by atoms with Crippen molar-refractivity contribution in [2.45, 2.75) is 76.2 Å². The number of carboxylic acids is 2. The number of carboxylic acid groups (broad SMARTS) is 2. The van der Waals surface area contributed by atoms with E-state index in [1.54, 1.807) is 0 Å². The molecule has 0 heterocycles. The second-order valence-corrected chi connectivity index (χ2v) is 12.5. The van der Waals surface area contributed by atoms with Crippen LogP contribution in [-0.4, -0.2) is 52.7 Å². The van der Waals surface area contributed by atoms with E-state index in [1.807, 2.05) is 20.2 Å². The molecule has 0 bridgehead atoms. The van der Waals surface area contributed by atoms with Gasteiger partial charge in [-0.2, -0.15) is 0 Å². The van der Waals surface area contributed by atoms with E-state index < -0.39 is 35.3 Å². The van der Waals surface area contributed by atoms with Gasteiger partial charge in [-0.15, -0.1) is 0 Å². The topological polar surface area (TPSA) is 115 Å². The third-order valence-electron chi connectivity index (χ3n) is 10.1. The number of aliphatic carboxylic acids is 2. The van der Waals surface area contributed by atoms with Crippen molar-refractivity contribution in [2.75, 3.05) is 19.0 Å². The van der Waals surface area contributed by atoms with Crippen LogP contribution in [0.4, 0.5) is 5.69 Å². The van der Waals surface area contributed by atoms with Gasteiger partial charge in [-0.3, -0.25) is 14.4 Å². The summed E-state index contributed by atoms with van der Waals surface area (Å²) in [5.74, 6) is 3.31. The highest BCUT2D eigenvalue weighted by molar-refractivity contribution is 5.93. The molecular weight excluding hydrogens is 506 g/mol. The quantitative estimate of drug-likeness (QED) is 0.433. The largest absolute Gasteiger partial charge is 0.481 e. The molecule has 2 fully saturated rings. The van der Waals surface area contributed by atoms with Crippen molar-refractivity contribution in [2.24, 2.45) is 23.2 Å². The standard InChI is InChI=1S/C33H39NO6/c1-32-19-27(20-6-9-23(10-7-20)34(2)3)30-25-13-11-24(35)17-21(25)8-12-26(30)28(32)14-16-33(32,40)15-4-5-22(31(38)39)18-29(36)37/h6-7,9-10,17,22,26-28,40H,5,8,11-14,16,18-19H2,1-3H3,(H,36,37)(H,38,39)/t22?,26?,27-,28?,32+,33+/m1/s1. The monoisotopic (exact) mass is 545 g/mol. The minimum absolute atomic E-state index is 0.0829. The number of rotatable bonds is 6. The summed E-state index contributed by atoms with van der Waals surface area (Å²) in [5, 5.41) is 30.6. The Labute approximate surface area is 236 Å². The summed E-state index contributed by atoms with van der Waals surface area (Å²) in [7, 11) is 4.03. The zero-order valence-electron chi connectivity index (χ0n) is 23.6. The van der Waals surface area contributed by atoms with E-state index in [2.05, 4.69) is 47.9 Å². The van der Waals surface area contributed by atoms with Gasteiger partial charge in [0.1, 0.15) is 5.60 Å². The fourth-order valence-corrected chi connectivity index (χ4v) is 7.95. The maximum Gasteiger partial charge on any atom is 0.308 e. The first-order valence-corrected chi connectivity index (χ1v) is 14.3. The van der Waals surface area contributed by atoms with Gasteiger partial charge in [-0.25, -0.2) is 0 Å². The second-order valence-electron chi connectivity index (χ2n) is 12.5. The number of allylic oxidation sites excluding steroid dienone is 4. The Kier molecular flexibility index (Phi) is 7.43. The number of carbonyl (C=O) groups excluding carboxylic acids is 1. The van der Waals surface area contributed by atoms with E-state index in [4.69, 9.17) is 5.11 Å². The van der Waals surface area contributed by atoms with Crippen LogP contribution in [0.15, 0.2) is 47.1 Å². The summed E-state index contributed by atoms with van der Waals surface area (Å²) in [6.07, 6.45) is 6.41. The number of hydrogen-bond acceptors (Lipinski definition) is 5. The molecule has 3 N–H and O–H groups in total. The lowest BCUT2D eigenvalue weighted by Gasteiger charge is -2.53. The lowest BCUT2D eigenvalue weighted by Crippen LogP contribution is -2.51. The Morgan fingerprint density at radius 1 is 1.10 bits per heavy atom. The van der Waals surface area contributed by atoms with Gasteiger partial charge in [0.25, 0.3) is 0 Å². The molecule has 0 aliphatic heterocycles. The van der Waals surface area contributed by atoms with Crippen LogP contribution in [0.25, 0.3) is 0 Å². The summed E-state index contributed by atoms with van der Waals surface area (Å²) in [5.41, 5.74) is 4.48. The van der Waals surface area contributed by atoms with Gasteiger partial charge in [0.15, 0.2) is 5.78 Å². The van der Waals surface area contributed by atoms with E-state index in [0.717, 1.165) is 31.4 Å². The average molecular weight is 546 g/mol. The van der Waals surface area contributed by atoms with Crippen molar-refractivity contribution in [3.63, 3.8) is 0 Å². The molecule has 0 spiro atoms. The fourth-order valence-electron chi connectivity index (χ4n) is 7.95. The molecular formula is C33H39NO6. The molecule has 6 atom stereocenters. The van der Waals surface area contributed by atoms with E-state index in [9.17, 15) is 24.6 Å². The number of carbonyl (C=O) groups is 3. The molecule has 212 valence electrons. The molecule has 0 saturated heterocycles. The number of nitrogens with zero attached hydrogens (tertiary/aromatic N) is 1. The highest BCUT2D eigenvalue weighted by atomic mass is 16.4. The molecule has 2 saturated carbocycles. The average Bonchev–Trinajstić information content (AvgIpc) is 3.17. The number of hydrogen-bond donors (Lipinski definition) is 3. The Hall–Kier alpha value is -3.37. The molecule has 4 aliphatic rings. The van der Waals surface area contributed by atoms with Crippen LogP contribution < -0.4 is 4.90 Å². The third kappa shape index (κ3) is 4.88. The summed E-state index contributed by atoms with van der Waals surface area (Å²) < 4.78 is 0. The molecule has 0 aromatic heterocycles. The lowest BCUT2D eigenvalue weighted by molar-refractivity contribution is -0.148. The molecule has 40 heavy (non-hydrogen) atoms. The number of benzene rings is 1. The number of aliphatic hydroxyl groups is 1. The van der Waals surface area contributed by atoms with Crippen molar-refractivity contribution >= 4 is 23.4 Å². The van der Waals surface area contributed by atoms with Crippen LogP contribution in [-0.2, 0) is 14.4 Å². The van der Waals surface area contributed by atoms with Crippen LogP contribution >= 0.6 is 0 Å². The van der Waals surface area contributed by atoms with E-state index in [-0.39, 0.29) is 30.0 Å². The summed E-state index contributed by atoms with van der Waals surface area (Å²) in [6.45, 7) is 2.14. The highest BCUT2D eigenvalue weighted by Gasteiger charge is 2.62. The zero-order valence-corrected chi connectivity index (χ0v) is 23.6. The van der Waals surface area contributed by atoms with Gasteiger partial charge in [0.2, 0.25) is 0 Å². The predicted molar refractivity (Wildman–Crippen MR) is 152 cm³/mol. The predicted octanol–water partition coefficient (Wildman–Crippen LogP) is 4.95. The van der Waals surface area contributed by atoms with Gasteiger partial charge in [-0.1, -0.05) is 36.5 Å². The summed E-state index contributed by atoms with van der Waals surface area (Å²) >= 11 is 0. The van der Waals surface area contributed by atoms with Crippen molar-refractivity contribution in [1.29, 1.82) is 0 Å². The van der Waals surface area contributed by atoms with Crippen molar-refractivity contribution < 1.29 is 29.7 Å². The SMILES string of the molecule is CN(C)c1ccc([C@H]2C[C@@]3(C)C(CC[C@@]3(O)C#CCC(CC(=O)O)C(=O)O)C3CCC4=CC(=O)CCC4=C32)cc1. The Balaban J connectivity index is 1.55. The molecule has 7 heteroatoms. The molecule has 0 radical (unpaired) electrons. The van der Waals surface area contributed by atoms with Gasteiger partial charge >= 0.3 is 11.9 Å². The molecule has 7 nitrogen and oxygen atoms in total. The van der Waals surface area contributed by atoms with E-state index in [0.29, 0.717) is 19.3 Å². The summed E-state index contributed by atoms with van der Waals surface area (Å²) in [6, 6.07) is 8.62. The molecule has 3 unspecified atom stereocenters. The van der Waals surface area contributed by atoms with Crippen LogP contribution in [0.1, 0.15) is 76.2 Å². The molecule has 1 aromatic rings. The fraction of sp³-hybridized carbons (Fsp3) is 0.545. The summed E-state index contributed by atoms with van der Waals surface area (Å²) in [4.78, 5) is 37.0. The minimum atomic E-state index is -1.29. The maximum absolute atomic E-state index is 12.3. The van der Waals surface area contributed by atoms with Crippen LogP contribution in [0.3, 0.4) is 0 Å². The van der Waals surface area contributed by atoms with Crippen molar-refractivity contribution in [1.82, 2.24) is 0 Å². The van der Waals surface area contributed by atoms with Crippen LogP contribution in [0.2, 0.25) is 0 Å². The molecule has 4 aliphatic carbocycles. The van der Waals surface area contributed by atoms with E-state index in [1.165, 1.54) is 22.3 Å². The first-order valence-electron chi connectivity index (χ1n) is 14.3. The third-order valence-corrected chi connectivity index (χ3v) is 10.1. The van der Waals surface area contributed by atoms with Crippen molar-refractivity contribution in [3.05, 3.63) is 52.6 Å². The number of fused-ring (bicyclic) bond motifs is 4. The van der Waals surface area contributed by atoms with Gasteiger partial charge in [0, 0.05) is 44.0 Å². The second kappa shape index (κ2) is 10.6. The minimum Gasteiger partial charge on any atom is -0.481 e. The van der Waals surface area contributed by atoms with Crippen LogP contribution in [0.5, 0.6) is 0 Å². The molecule has 5 rings (SSSR count). The number of ketones is 1. The molecule has 0 amide bonds. The van der Waals surface area contributed by atoms with Gasteiger partial charge < -0.3 is 20.2 Å². The first kappa shape index (κ1) is 28.2.